The van der Waals surface area contributed by atoms with Crippen LogP contribution in [0.15, 0.2) is 59.0 Å². The summed E-state index contributed by atoms with van der Waals surface area (Å²) >= 11 is -2.60. The fraction of sp³-hybridized carbons (Fsp3) is 0.167. The van der Waals surface area contributed by atoms with Gasteiger partial charge in [-0.05, 0) is 0 Å². The number of esters is 1. The van der Waals surface area contributed by atoms with Gasteiger partial charge in [-0.25, -0.2) is 0 Å². The second-order valence-electron chi connectivity index (χ2n) is 5.78. The third-order valence-electron chi connectivity index (χ3n) is 4.20. The van der Waals surface area contributed by atoms with Crippen molar-refractivity contribution in [3.8, 4) is 0 Å². The first-order valence-corrected chi connectivity index (χ1v) is 13.3. The van der Waals surface area contributed by atoms with Gasteiger partial charge in [-0.1, -0.05) is 0 Å². The Kier molecular flexibility index (Phi) is 3.49. The normalized spacial score (nSPS) is 15.8. The van der Waals surface area contributed by atoms with Gasteiger partial charge >= 0.3 is 127 Å². The Hall–Kier alpha value is -1.81. The van der Waals surface area contributed by atoms with Crippen LogP contribution < -0.4 is 4.40 Å². The topological polar surface area (TPSA) is 26.3 Å². The molecule has 0 amide bonds. The SMILES string of the molecule is COC(=O)[C]1=C(c2ccccc2)c2cccc[c]2[Ge]1([CH3])[CH3]. The van der Waals surface area contributed by atoms with Gasteiger partial charge in [-0.2, -0.15) is 0 Å². The van der Waals surface area contributed by atoms with Gasteiger partial charge in [0.2, 0.25) is 0 Å². The van der Waals surface area contributed by atoms with Crippen LogP contribution in [-0.2, 0) is 9.53 Å². The predicted octanol–water partition coefficient (Wildman–Crippen LogP) is 3.13. The van der Waals surface area contributed by atoms with Gasteiger partial charge in [0.1, 0.15) is 0 Å². The molecule has 0 aromatic heterocycles. The maximum absolute atomic E-state index is 12.4. The van der Waals surface area contributed by atoms with Crippen LogP contribution in [0.2, 0.25) is 11.5 Å². The molecule has 1 heterocycles. The van der Waals surface area contributed by atoms with Gasteiger partial charge in [-0.15, -0.1) is 0 Å². The van der Waals surface area contributed by atoms with Gasteiger partial charge in [0.15, 0.2) is 0 Å². The average Bonchev–Trinajstić information content (AvgIpc) is 2.76. The van der Waals surface area contributed by atoms with Crippen molar-refractivity contribution < 1.29 is 9.53 Å². The van der Waals surface area contributed by atoms with Crippen LogP contribution in [0, 0.1) is 0 Å². The number of carbonyl (C=O) groups is 1. The Bertz CT molecular complexity index is 730. The first-order valence-electron chi connectivity index (χ1n) is 7.05. The van der Waals surface area contributed by atoms with E-state index >= 15 is 0 Å². The quantitative estimate of drug-likeness (QED) is 0.621. The second kappa shape index (κ2) is 5.19. The van der Waals surface area contributed by atoms with E-state index < -0.39 is 13.3 Å². The van der Waals surface area contributed by atoms with Crippen molar-refractivity contribution in [2.24, 2.45) is 0 Å². The summed E-state index contributed by atoms with van der Waals surface area (Å²) in [6, 6.07) is 18.6. The third kappa shape index (κ3) is 2.14. The molecule has 0 spiro atoms. The molecule has 0 N–H and O–H groups in total. The zero-order valence-electron chi connectivity index (χ0n) is 12.5. The summed E-state index contributed by atoms with van der Waals surface area (Å²) in [5.41, 5.74) is 3.37. The number of benzene rings is 2. The van der Waals surface area contributed by atoms with E-state index in [2.05, 4.69) is 41.8 Å². The van der Waals surface area contributed by atoms with Crippen molar-refractivity contribution in [1.29, 1.82) is 0 Å². The standard InChI is InChI=1S/C18H18GeO2/c1-19(2)15-12-8-7-11-14(15)16(17(19)18(20)21-3)13-9-5-4-6-10-13/h4-12H,1-3H3. The monoisotopic (exact) mass is 340 g/mol. The van der Waals surface area contributed by atoms with Crippen LogP contribution in [0.5, 0.6) is 0 Å². The zero-order valence-corrected chi connectivity index (χ0v) is 14.6. The third-order valence-corrected chi connectivity index (χ3v) is 11.5. The van der Waals surface area contributed by atoms with Gasteiger partial charge in [0.25, 0.3) is 0 Å². The molecule has 2 nitrogen and oxygen atoms in total. The summed E-state index contributed by atoms with van der Waals surface area (Å²) in [4.78, 5) is 12.4. The molecule has 0 saturated heterocycles. The molecule has 2 aromatic rings. The fourth-order valence-corrected chi connectivity index (χ4v) is 9.86. The fourth-order valence-electron chi connectivity index (χ4n) is 3.19. The zero-order chi connectivity index (χ0) is 15.0. The van der Waals surface area contributed by atoms with E-state index in [9.17, 15) is 4.79 Å². The maximum atomic E-state index is 12.4. The molecule has 1 aliphatic heterocycles. The molecule has 0 aliphatic carbocycles. The number of hydrogen-bond donors (Lipinski definition) is 0. The molecule has 2 aromatic carbocycles. The number of hydrogen-bond acceptors (Lipinski definition) is 2. The molecule has 0 atom stereocenters. The minimum atomic E-state index is -2.60. The number of carbonyl (C=O) groups excluding carboxylic acids is 1. The minimum absolute atomic E-state index is 0.171. The summed E-state index contributed by atoms with van der Waals surface area (Å²) in [5, 5.41) is 0. The van der Waals surface area contributed by atoms with Gasteiger partial charge in [0, 0.05) is 0 Å². The van der Waals surface area contributed by atoms with Gasteiger partial charge < -0.3 is 0 Å². The number of methoxy groups -OCH3 is 1. The Morgan fingerprint density at radius 3 is 2.24 bits per heavy atom. The molecular formula is C18H18GeO2. The number of rotatable bonds is 2. The number of ether oxygens (including phenoxy) is 1. The van der Waals surface area contributed by atoms with Crippen molar-refractivity contribution in [2.45, 2.75) is 11.5 Å². The van der Waals surface area contributed by atoms with E-state index in [0.717, 1.165) is 15.5 Å². The van der Waals surface area contributed by atoms with Crippen molar-refractivity contribution in [3.05, 3.63) is 70.1 Å². The predicted molar refractivity (Wildman–Crippen MR) is 88.0 cm³/mol. The van der Waals surface area contributed by atoms with Crippen LogP contribution in [0.3, 0.4) is 0 Å². The second-order valence-corrected chi connectivity index (χ2v) is 14.8. The average molecular weight is 339 g/mol. The van der Waals surface area contributed by atoms with Crippen LogP contribution >= 0.6 is 0 Å². The van der Waals surface area contributed by atoms with Crippen molar-refractivity contribution in [3.63, 3.8) is 0 Å². The Labute approximate surface area is 127 Å². The van der Waals surface area contributed by atoms with Crippen molar-refractivity contribution in [1.82, 2.24) is 0 Å². The molecule has 0 unspecified atom stereocenters. The first kappa shape index (κ1) is 14.1. The molecule has 21 heavy (non-hydrogen) atoms. The Balaban J connectivity index is 2.35. The summed E-state index contributed by atoms with van der Waals surface area (Å²) in [6.07, 6.45) is 0. The molecule has 106 valence electrons. The Morgan fingerprint density at radius 1 is 0.952 bits per heavy atom. The molecule has 3 rings (SSSR count). The number of fused-ring (bicyclic) bond motifs is 1. The molecule has 0 fully saturated rings. The molecule has 0 bridgehead atoms. The van der Waals surface area contributed by atoms with E-state index in [1.807, 2.05) is 24.3 Å². The molecule has 0 radical (unpaired) electrons. The van der Waals surface area contributed by atoms with Crippen LogP contribution in [-0.4, -0.2) is 26.3 Å². The molecule has 1 aliphatic rings. The van der Waals surface area contributed by atoms with E-state index in [-0.39, 0.29) is 5.97 Å². The first-order chi connectivity index (χ1) is 10.1. The molecular weight excluding hydrogens is 321 g/mol. The van der Waals surface area contributed by atoms with Gasteiger partial charge in [0.05, 0.1) is 0 Å². The van der Waals surface area contributed by atoms with Gasteiger partial charge in [-0.3, -0.25) is 0 Å². The van der Waals surface area contributed by atoms with Crippen LogP contribution in [0.25, 0.3) is 5.57 Å². The summed E-state index contributed by atoms with van der Waals surface area (Å²) in [6.45, 7) is 0. The van der Waals surface area contributed by atoms with E-state index in [0.29, 0.717) is 0 Å². The van der Waals surface area contributed by atoms with Crippen molar-refractivity contribution >= 4 is 29.2 Å². The molecule has 3 heteroatoms. The van der Waals surface area contributed by atoms with E-state index in [1.165, 1.54) is 17.1 Å². The molecule has 0 saturated carbocycles. The summed E-state index contributed by atoms with van der Waals surface area (Å²) in [7, 11) is 1.47. The summed E-state index contributed by atoms with van der Waals surface area (Å²) in [5.74, 6) is 4.36. The van der Waals surface area contributed by atoms with Crippen molar-refractivity contribution in [2.75, 3.05) is 7.11 Å². The Morgan fingerprint density at radius 2 is 1.57 bits per heavy atom. The van der Waals surface area contributed by atoms with Crippen LogP contribution in [0.4, 0.5) is 0 Å². The summed E-state index contributed by atoms with van der Waals surface area (Å²) < 4.78 is 7.38. The van der Waals surface area contributed by atoms with E-state index in [1.54, 1.807) is 0 Å². The van der Waals surface area contributed by atoms with Crippen LogP contribution in [0.1, 0.15) is 11.1 Å². The van der Waals surface area contributed by atoms with E-state index in [4.69, 9.17) is 4.74 Å².